The Labute approximate surface area is 84.7 Å². The van der Waals surface area contributed by atoms with Gasteiger partial charge in [-0.3, -0.25) is 0 Å². The third kappa shape index (κ3) is 3.37. The fourth-order valence-corrected chi connectivity index (χ4v) is 1.50. The first-order valence-corrected chi connectivity index (χ1v) is 5.14. The molecule has 2 heteroatoms. The van der Waals surface area contributed by atoms with Crippen molar-refractivity contribution in [2.45, 2.75) is 25.9 Å². The van der Waals surface area contributed by atoms with E-state index in [2.05, 4.69) is 19.1 Å². The van der Waals surface area contributed by atoms with Crippen molar-refractivity contribution in [2.75, 3.05) is 6.07 Å². The van der Waals surface area contributed by atoms with Crippen LogP contribution in [0.25, 0.3) is 0 Å². The number of ether oxygens (including phenoxy) is 1. The van der Waals surface area contributed by atoms with Crippen LogP contribution >= 0.6 is 11.6 Å². The molecule has 1 unspecified atom stereocenters. The van der Waals surface area contributed by atoms with Crippen molar-refractivity contribution in [3.05, 3.63) is 35.9 Å². The summed E-state index contributed by atoms with van der Waals surface area (Å²) < 4.78 is 5.43. The maximum Gasteiger partial charge on any atom is 0.121 e. The van der Waals surface area contributed by atoms with Crippen molar-refractivity contribution >= 4 is 11.6 Å². The molecule has 0 radical (unpaired) electrons. The van der Waals surface area contributed by atoms with E-state index in [0.717, 1.165) is 12.8 Å². The van der Waals surface area contributed by atoms with E-state index in [1.165, 1.54) is 5.56 Å². The number of hydrogen-bond donors (Lipinski definition) is 0. The molecule has 72 valence electrons. The molecular weight excluding hydrogens is 184 g/mol. The van der Waals surface area contributed by atoms with Crippen molar-refractivity contribution < 1.29 is 4.74 Å². The molecule has 13 heavy (non-hydrogen) atoms. The van der Waals surface area contributed by atoms with Crippen LogP contribution in [0.1, 0.15) is 31.4 Å². The molecule has 0 heterocycles. The van der Waals surface area contributed by atoms with Gasteiger partial charge in [-0.1, -0.05) is 55.3 Å². The molecule has 0 aliphatic carbocycles. The van der Waals surface area contributed by atoms with Crippen LogP contribution < -0.4 is 0 Å². The molecule has 1 rings (SSSR count). The van der Waals surface area contributed by atoms with Crippen LogP contribution in [0, 0.1) is 0 Å². The van der Waals surface area contributed by atoms with Crippen molar-refractivity contribution in [1.82, 2.24) is 0 Å². The van der Waals surface area contributed by atoms with Crippen molar-refractivity contribution in [2.24, 2.45) is 0 Å². The zero-order valence-corrected chi connectivity index (χ0v) is 8.63. The van der Waals surface area contributed by atoms with Crippen LogP contribution in [0.2, 0.25) is 0 Å². The van der Waals surface area contributed by atoms with Gasteiger partial charge in [0, 0.05) is 0 Å². The molecule has 1 aromatic carbocycles. The summed E-state index contributed by atoms with van der Waals surface area (Å²) in [6, 6.07) is 10.5. The van der Waals surface area contributed by atoms with E-state index in [1.54, 1.807) is 0 Å². The van der Waals surface area contributed by atoms with E-state index < -0.39 is 0 Å². The lowest BCUT2D eigenvalue weighted by atomic mass is 10.1. The summed E-state index contributed by atoms with van der Waals surface area (Å²) in [6.45, 7) is 2.15. The van der Waals surface area contributed by atoms with Crippen LogP contribution in [-0.4, -0.2) is 6.07 Å². The number of benzene rings is 1. The van der Waals surface area contributed by atoms with Gasteiger partial charge in [-0.2, -0.15) is 0 Å². The van der Waals surface area contributed by atoms with Gasteiger partial charge in [0.05, 0.1) is 6.10 Å². The van der Waals surface area contributed by atoms with E-state index in [0.29, 0.717) is 0 Å². The molecule has 0 spiro atoms. The molecule has 0 aromatic heterocycles. The maximum atomic E-state index is 5.56. The molecule has 0 saturated carbocycles. The van der Waals surface area contributed by atoms with Gasteiger partial charge in [0.2, 0.25) is 0 Å². The first-order chi connectivity index (χ1) is 6.38. The Hall–Kier alpha value is -0.530. The minimum absolute atomic E-state index is 0.156. The van der Waals surface area contributed by atoms with Gasteiger partial charge in [0.25, 0.3) is 0 Å². The minimum Gasteiger partial charge on any atom is -0.358 e. The van der Waals surface area contributed by atoms with Gasteiger partial charge in [-0.15, -0.1) is 0 Å². The zero-order chi connectivity index (χ0) is 9.52. The van der Waals surface area contributed by atoms with Gasteiger partial charge in [0.15, 0.2) is 0 Å². The van der Waals surface area contributed by atoms with Crippen molar-refractivity contribution in [3.8, 4) is 0 Å². The quantitative estimate of drug-likeness (QED) is 0.655. The molecule has 0 saturated heterocycles. The standard InChI is InChI=1S/C11H15ClO/c1-2-6-11(13-9-12)10-7-4-3-5-8-10/h3-5,7-8,11H,2,6,9H2,1H3. The number of alkyl halides is 1. The highest BCUT2D eigenvalue weighted by Gasteiger charge is 2.08. The fraction of sp³-hybridized carbons (Fsp3) is 0.455. The van der Waals surface area contributed by atoms with E-state index in [-0.39, 0.29) is 12.2 Å². The Balaban J connectivity index is 2.64. The molecular formula is C11H15ClO. The first-order valence-electron chi connectivity index (χ1n) is 4.61. The predicted octanol–water partition coefficient (Wildman–Crippen LogP) is 3.74. The van der Waals surface area contributed by atoms with Gasteiger partial charge < -0.3 is 4.74 Å². The Morgan fingerprint density at radius 1 is 1.31 bits per heavy atom. The van der Waals surface area contributed by atoms with E-state index in [1.807, 2.05) is 18.2 Å². The highest BCUT2D eigenvalue weighted by atomic mass is 35.5. The lowest BCUT2D eigenvalue weighted by Crippen LogP contribution is -2.02. The second-order valence-electron chi connectivity index (χ2n) is 2.96. The number of hydrogen-bond acceptors (Lipinski definition) is 1. The van der Waals surface area contributed by atoms with Crippen LogP contribution in [0.15, 0.2) is 30.3 Å². The topological polar surface area (TPSA) is 9.23 Å². The van der Waals surface area contributed by atoms with Gasteiger partial charge in [-0.05, 0) is 12.0 Å². The summed E-state index contributed by atoms with van der Waals surface area (Å²) >= 11 is 5.56. The van der Waals surface area contributed by atoms with Crippen LogP contribution in [0.5, 0.6) is 0 Å². The van der Waals surface area contributed by atoms with Crippen molar-refractivity contribution in [3.63, 3.8) is 0 Å². The Morgan fingerprint density at radius 2 is 2.00 bits per heavy atom. The summed E-state index contributed by atoms with van der Waals surface area (Å²) in [5.74, 6) is 0. The predicted molar refractivity (Wildman–Crippen MR) is 55.9 cm³/mol. The third-order valence-electron chi connectivity index (χ3n) is 1.99. The molecule has 0 fully saturated rings. The molecule has 1 atom stereocenters. The molecule has 0 aliphatic heterocycles. The first kappa shape index (κ1) is 10.6. The average molecular weight is 199 g/mol. The normalized spacial score (nSPS) is 12.8. The zero-order valence-electron chi connectivity index (χ0n) is 7.87. The van der Waals surface area contributed by atoms with Crippen molar-refractivity contribution in [1.29, 1.82) is 0 Å². The smallest absolute Gasteiger partial charge is 0.121 e. The summed E-state index contributed by atoms with van der Waals surface area (Å²) in [6.07, 6.45) is 2.29. The summed E-state index contributed by atoms with van der Waals surface area (Å²) in [4.78, 5) is 0. The SMILES string of the molecule is CCCC(OCCl)c1ccccc1. The average Bonchev–Trinajstić information content (AvgIpc) is 2.19. The Bertz CT molecular complexity index is 217. The van der Waals surface area contributed by atoms with Crippen LogP contribution in [-0.2, 0) is 4.74 Å². The lowest BCUT2D eigenvalue weighted by molar-refractivity contribution is 0.0797. The van der Waals surface area contributed by atoms with E-state index in [4.69, 9.17) is 16.3 Å². The number of rotatable bonds is 5. The van der Waals surface area contributed by atoms with Gasteiger partial charge in [-0.25, -0.2) is 0 Å². The fourth-order valence-electron chi connectivity index (χ4n) is 1.35. The molecule has 1 nitrogen and oxygen atoms in total. The Morgan fingerprint density at radius 3 is 2.54 bits per heavy atom. The molecule has 0 N–H and O–H groups in total. The monoisotopic (exact) mass is 198 g/mol. The van der Waals surface area contributed by atoms with Crippen LogP contribution in [0.4, 0.5) is 0 Å². The lowest BCUT2D eigenvalue weighted by Gasteiger charge is -2.15. The summed E-state index contributed by atoms with van der Waals surface area (Å²) in [5, 5.41) is 0. The molecule has 1 aromatic rings. The Kier molecular flexibility index (Phi) is 4.87. The maximum absolute atomic E-state index is 5.56. The van der Waals surface area contributed by atoms with E-state index in [9.17, 15) is 0 Å². The molecule has 0 amide bonds. The summed E-state index contributed by atoms with van der Waals surface area (Å²) in [7, 11) is 0. The largest absolute Gasteiger partial charge is 0.358 e. The highest BCUT2D eigenvalue weighted by molar-refractivity contribution is 6.17. The van der Waals surface area contributed by atoms with Crippen LogP contribution in [0.3, 0.4) is 0 Å². The molecule has 0 aliphatic rings. The van der Waals surface area contributed by atoms with E-state index >= 15 is 0 Å². The molecule has 0 bridgehead atoms. The summed E-state index contributed by atoms with van der Waals surface area (Å²) in [5.41, 5.74) is 1.21. The van der Waals surface area contributed by atoms with Gasteiger partial charge >= 0.3 is 0 Å². The third-order valence-corrected chi connectivity index (χ3v) is 2.11. The number of halogens is 1. The highest BCUT2D eigenvalue weighted by Crippen LogP contribution is 2.22. The second-order valence-corrected chi connectivity index (χ2v) is 3.18. The van der Waals surface area contributed by atoms with Gasteiger partial charge in [0.1, 0.15) is 6.07 Å². The second kappa shape index (κ2) is 6.01. The minimum atomic E-state index is 0.156.